The van der Waals surface area contributed by atoms with E-state index in [2.05, 4.69) is 35.0 Å². The van der Waals surface area contributed by atoms with Crippen LogP contribution >= 0.6 is 0 Å². The zero-order chi connectivity index (χ0) is 11.8. The maximum Gasteiger partial charge on any atom is 0.116 e. The molecule has 0 saturated heterocycles. The Bertz CT molecular complexity index is 538. The van der Waals surface area contributed by atoms with Crippen molar-refractivity contribution in [3.8, 4) is 0 Å². The number of nitrogens with zero attached hydrogens (tertiary/aromatic N) is 2. The average molecular weight is 229 g/mol. The predicted molar refractivity (Wildman–Crippen MR) is 69.3 cm³/mol. The van der Waals surface area contributed by atoms with Crippen LogP contribution in [0.15, 0.2) is 18.3 Å². The van der Waals surface area contributed by atoms with E-state index in [1.165, 1.54) is 41.9 Å². The molecule has 0 radical (unpaired) electrons. The molecule has 0 spiro atoms. The van der Waals surface area contributed by atoms with Crippen LogP contribution in [0.3, 0.4) is 0 Å². The number of aryl methyl sites for hydroxylation is 1. The molecule has 17 heavy (non-hydrogen) atoms. The monoisotopic (exact) mass is 229 g/mol. The van der Waals surface area contributed by atoms with Gasteiger partial charge in [-0.3, -0.25) is 0 Å². The fourth-order valence-corrected chi connectivity index (χ4v) is 2.53. The summed E-state index contributed by atoms with van der Waals surface area (Å²) in [7, 11) is 1.97. The van der Waals surface area contributed by atoms with Gasteiger partial charge in [-0.05, 0) is 38.4 Å². The molecule has 3 heteroatoms. The van der Waals surface area contributed by atoms with Gasteiger partial charge in [0, 0.05) is 18.7 Å². The SMILES string of the molecule is CNCc1nc(C2CCC2)n2cc(C)ccc12. The van der Waals surface area contributed by atoms with E-state index >= 15 is 0 Å². The third kappa shape index (κ3) is 1.75. The number of aromatic nitrogens is 2. The number of hydrogen-bond donors (Lipinski definition) is 1. The van der Waals surface area contributed by atoms with Gasteiger partial charge in [0.2, 0.25) is 0 Å². The molecule has 0 aliphatic heterocycles. The van der Waals surface area contributed by atoms with Crippen molar-refractivity contribution in [2.45, 2.75) is 38.6 Å². The second-order valence-corrected chi connectivity index (χ2v) is 5.04. The summed E-state index contributed by atoms with van der Waals surface area (Å²) in [6.45, 7) is 2.99. The molecule has 2 aromatic rings. The summed E-state index contributed by atoms with van der Waals surface area (Å²) >= 11 is 0. The molecule has 3 nitrogen and oxygen atoms in total. The smallest absolute Gasteiger partial charge is 0.116 e. The molecule has 2 aromatic heterocycles. The predicted octanol–water partition coefficient (Wildman–Crippen LogP) is 2.63. The van der Waals surface area contributed by atoms with Gasteiger partial charge < -0.3 is 9.72 Å². The number of nitrogens with one attached hydrogen (secondary N) is 1. The Hall–Kier alpha value is -1.35. The molecule has 0 unspecified atom stereocenters. The summed E-state index contributed by atoms with van der Waals surface area (Å²) in [6, 6.07) is 4.36. The Kier molecular flexibility index (Phi) is 2.63. The molecular formula is C14H19N3. The zero-order valence-electron chi connectivity index (χ0n) is 10.5. The minimum Gasteiger partial charge on any atom is -0.314 e. The van der Waals surface area contributed by atoms with Crippen molar-refractivity contribution >= 4 is 5.52 Å². The van der Waals surface area contributed by atoms with E-state index in [0.29, 0.717) is 5.92 Å². The van der Waals surface area contributed by atoms with Gasteiger partial charge in [-0.2, -0.15) is 0 Å². The fourth-order valence-electron chi connectivity index (χ4n) is 2.53. The Morgan fingerprint density at radius 3 is 2.88 bits per heavy atom. The second-order valence-electron chi connectivity index (χ2n) is 5.04. The second kappa shape index (κ2) is 4.15. The minimum absolute atomic E-state index is 0.676. The molecule has 0 amide bonds. The van der Waals surface area contributed by atoms with Crippen molar-refractivity contribution in [1.29, 1.82) is 0 Å². The van der Waals surface area contributed by atoms with Gasteiger partial charge in [-0.15, -0.1) is 0 Å². The molecule has 0 bridgehead atoms. The van der Waals surface area contributed by atoms with Crippen molar-refractivity contribution in [3.05, 3.63) is 35.4 Å². The van der Waals surface area contributed by atoms with Gasteiger partial charge in [-0.25, -0.2) is 4.98 Å². The van der Waals surface area contributed by atoms with E-state index in [1.807, 2.05) is 7.05 Å². The van der Waals surface area contributed by atoms with Gasteiger partial charge in [0.15, 0.2) is 0 Å². The maximum absolute atomic E-state index is 4.84. The maximum atomic E-state index is 4.84. The highest BCUT2D eigenvalue weighted by molar-refractivity contribution is 5.54. The van der Waals surface area contributed by atoms with Gasteiger partial charge in [0.05, 0.1) is 11.2 Å². The van der Waals surface area contributed by atoms with E-state index in [4.69, 9.17) is 4.98 Å². The molecule has 1 N–H and O–H groups in total. The first kappa shape index (κ1) is 10.8. The van der Waals surface area contributed by atoms with E-state index in [0.717, 1.165) is 6.54 Å². The first-order valence-corrected chi connectivity index (χ1v) is 6.41. The molecule has 3 rings (SSSR count). The summed E-state index contributed by atoms with van der Waals surface area (Å²) in [4.78, 5) is 4.84. The van der Waals surface area contributed by atoms with Crippen LogP contribution in [0.2, 0.25) is 0 Å². The Morgan fingerprint density at radius 2 is 2.24 bits per heavy atom. The van der Waals surface area contributed by atoms with Crippen LogP contribution in [0.1, 0.15) is 42.3 Å². The summed E-state index contributed by atoms with van der Waals surface area (Å²) in [5, 5.41) is 3.20. The van der Waals surface area contributed by atoms with Crippen molar-refractivity contribution in [2.24, 2.45) is 0 Å². The van der Waals surface area contributed by atoms with Gasteiger partial charge in [0.1, 0.15) is 5.82 Å². The molecule has 0 atom stereocenters. The Morgan fingerprint density at radius 1 is 1.41 bits per heavy atom. The summed E-state index contributed by atoms with van der Waals surface area (Å²) in [5.41, 5.74) is 3.73. The lowest BCUT2D eigenvalue weighted by molar-refractivity contribution is 0.400. The Balaban J connectivity index is 2.15. The van der Waals surface area contributed by atoms with Gasteiger partial charge in [-0.1, -0.05) is 12.5 Å². The third-order valence-corrected chi connectivity index (χ3v) is 3.70. The van der Waals surface area contributed by atoms with Crippen LogP contribution in [0.25, 0.3) is 5.52 Å². The summed E-state index contributed by atoms with van der Waals surface area (Å²) < 4.78 is 2.30. The van der Waals surface area contributed by atoms with Crippen molar-refractivity contribution in [1.82, 2.24) is 14.7 Å². The summed E-state index contributed by atoms with van der Waals surface area (Å²) in [6.07, 6.45) is 6.17. The molecule has 0 aromatic carbocycles. The quantitative estimate of drug-likeness (QED) is 0.876. The fraction of sp³-hybridized carbons (Fsp3) is 0.500. The van der Waals surface area contributed by atoms with E-state index in [9.17, 15) is 0 Å². The largest absolute Gasteiger partial charge is 0.314 e. The molecular weight excluding hydrogens is 210 g/mol. The van der Waals surface area contributed by atoms with Crippen LogP contribution in [0.5, 0.6) is 0 Å². The van der Waals surface area contributed by atoms with Crippen molar-refractivity contribution < 1.29 is 0 Å². The molecule has 2 heterocycles. The highest BCUT2D eigenvalue weighted by Gasteiger charge is 2.25. The van der Waals surface area contributed by atoms with Crippen LogP contribution < -0.4 is 5.32 Å². The third-order valence-electron chi connectivity index (χ3n) is 3.70. The highest BCUT2D eigenvalue weighted by Crippen LogP contribution is 2.36. The molecule has 1 saturated carbocycles. The van der Waals surface area contributed by atoms with Crippen LogP contribution in [-0.4, -0.2) is 16.4 Å². The number of fused-ring (bicyclic) bond motifs is 1. The topological polar surface area (TPSA) is 29.3 Å². The van der Waals surface area contributed by atoms with Gasteiger partial charge >= 0.3 is 0 Å². The summed E-state index contributed by atoms with van der Waals surface area (Å²) in [5.74, 6) is 1.94. The lowest BCUT2D eigenvalue weighted by atomic mass is 9.85. The normalized spacial score (nSPS) is 16.4. The average Bonchev–Trinajstić information content (AvgIpc) is 2.55. The number of pyridine rings is 1. The van der Waals surface area contributed by atoms with Crippen LogP contribution in [0, 0.1) is 6.92 Å². The first-order chi connectivity index (χ1) is 8.29. The zero-order valence-corrected chi connectivity index (χ0v) is 10.5. The highest BCUT2D eigenvalue weighted by atomic mass is 15.0. The number of imidazole rings is 1. The molecule has 90 valence electrons. The van der Waals surface area contributed by atoms with Crippen molar-refractivity contribution in [2.75, 3.05) is 7.05 Å². The molecule has 1 fully saturated rings. The first-order valence-electron chi connectivity index (χ1n) is 6.41. The lowest BCUT2D eigenvalue weighted by Crippen LogP contribution is -2.12. The van der Waals surface area contributed by atoms with E-state index in [-0.39, 0.29) is 0 Å². The Labute approximate surface area is 102 Å². The van der Waals surface area contributed by atoms with E-state index < -0.39 is 0 Å². The lowest BCUT2D eigenvalue weighted by Gasteiger charge is -2.24. The van der Waals surface area contributed by atoms with Crippen LogP contribution in [-0.2, 0) is 6.54 Å². The molecule has 1 aliphatic carbocycles. The van der Waals surface area contributed by atoms with Crippen LogP contribution in [0.4, 0.5) is 0 Å². The minimum atomic E-state index is 0.676. The van der Waals surface area contributed by atoms with Gasteiger partial charge in [0.25, 0.3) is 0 Å². The van der Waals surface area contributed by atoms with Crippen molar-refractivity contribution in [3.63, 3.8) is 0 Å². The number of hydrogen-bond acceptors (Lipinski definition) is 2. The molecule has 1 aliphatic rings. The standard InChI is InChI=1S/C14H19N3/c1-10-6-7-13-12(8-15-2)16-14(17(13)9-10)11-4-3-5-11/h6-7,9,11,15H,3-5,8H2,1-2H3. The number of rotatable bonds is 3. The van der Waals surface area contributed by atoms with E-state index in [1.54, 1.807) is 0 Å².